The van der Waals surface area contributed by atoms with Gasteiger partial charge in [-0.15, -0.1) is 0 Å². The van der Waals surface area contributed by atoms with Gasteiger partial charge in [0.25, 0.3) is 0 Å². The number of benzene rings is 1. The molecule has 2 rings (SSSR count). The first-order valence-electron chi connectivity index (χ1n) is 9.74. The SMILES string of the molecule is CCOC(=O)[C@@H]1CCCN(CC(=O)NCCc2ccc(C(C)C)cc2)C1. The van der Waals surface area contributed by atoms with Gasteiger partial charge in [-0.1, -0.05) is 38.1 Å². The third-order valence-electron chi connectivity index (χ3n) is 4.87. The predicted octanol–water partition coefficient (Wildman–Crippen LogP) is 2.74. The van der Waals surface area contributed by atoms with Crippen LogP contribution in [0.3, 0.4) is 0 Å². The van der Waals surface area contributed by atoms with Crippen LogP contribution in [0.1, 0.15) is 50.7 Å². The highest BCUT2D eigenvalue weighted by atomic mass is 16.5. The fourth-order valence-corrected chi connectivity index (χ4v) is 3.33. The molecule has 1 aliphatic heterocycles. The lowest BCUT2D eigenvalue weighted by molar-refractivity contribution is -0.150. The van der Waals surface area contributed by atoms with Crippen molar-refractivity contribution in [2.45, 2.75) is 46.0 Å². The minimum Gasteiger partial charge on any atom is -0.466 e. The lowest BCUT2D eigenvalue weighted by Gasteiger charge is -2.30. The van der Waals surface area contributed by atoms with Gasteiger partial charge >= 0.3 is 5.97 Å². The molecule has 26 heavy (non-hydrogen) atoms. The number of piperidine rings is 1. The van der Waals surface area contributed by atoms with Gasteiger partial charge in [0.05, 0.1) is 19.1 Å². The summed E-state index contributed by atoms with van der Waals surface area (Å²) >= 11 is 0. The predicted molar refractivity (Wildman–Crippen MR) is 103 cm³/mol. The van der Waals surface area contributed by atoms with Crippen LogP contribution < -0.4 is 5.32 Å². The summed E-state index contributed by atoms with van der Waals surface area (Å²) in [6.45, 7) is 9.06. The lowest BCUT2D eigenvalue weighted by Crippen LogP contribution is -2.44. The van der Waals surface area contributed by atoms with Crippen LogP contribution in [0.2, 0.25) is 0 Å². The Morgan fingerprint density at radius 3 is 2.65 bits per heavy atom. The van der Waals surface area contributed by atoms with E-state index in [9.17, 15) is 9.59 Å². The average molecular weight is 360 g/mol. The Hall–Kier alpha value is -1.88. The molecule has 1 aromatic carbocycles. The smallest absolute Gasteiger partial charge is 0.310 e. The van der Waals surface area contributed by atoms with E-state index in [0.717, 1.165) is 25.8 Å². The van der Waals surface area contributed by atoms with Crippen molar-refractivity contribution in [2.24, 2.45) is 5.92 Å². The van der Waals surface area contributed by atoms with Crippen molar-refractivity contribution in [3.05, 3.63) is 35.4 Å². The second kappa shape index (κ2) is 10.3. The number of likely N-dealkylation sites (tertiary alicyclic amines) is 1. The zero-order valence-corrected chi connectivity index (χ0v) is 16.3. The Kier molecular flexibility index (Phi) is 8.10. The first-order chi connectivity index (χ1) is 12.5. The van der Waals surface area contributed by atoms with Gasteiger partial charge in [-0.25, -0.2) is 0 Å². The Morgan fingerprint density at radius 1 is 1.27 bits per heavy atom. The molecule has 144 valence electrons. The Labute approximate surface area is 157 Å². The van der Waals surface area contributed by atoms with Crippen LogP contribution in [0.4, 0.5) is 0 Å². The molecular weight excluding hydrogens is 328 g/mol. The number of nitrogens with one attached hydrogen (secondary N) is 1. The molecular formula is C21H32N2O3. The van der Waals surface area contributed by atoms with E-state index in [1.165, 1.54) is 11.1 Å². The summed E-state index contributed by atoms with van der Waals surface area (Å²) in [6.07, 6.45) is 2.61. The molecule has 1 saturated heterocycles. The van der Waals surface area contributed by atoms with Gasteiger partial charge in [0.2, 0.25) is 5.91 Å². The minimum absolute atomic E-state index is 0.0216. The zero-order valence-electron chi connectivity index (χ0n) is 16.3. The summed E-state index contributed by atoms with van der Waals surface area (Å²) in [7, 11) is 0. The van der Waals surface area contributed by atoms with Crippen LogP contribution in [0, 0.1) is 5.92 Å². The normalized spacial score (nSPS) is 17.9. The third-order valence-corrected chi connectivity index (χ3v) is 4.87. The molecule has 0 radical (unpaired) electrons. The molecule has 0 saturated carbocycles. The molecule has 0 unspecified atom stereocenters. The van der Waals surface area contributed by atoms with Crippen molar-refractivity contribution in [1.29, 1.82) is 0 Å². The Balaban J connectivity index is 1.70. The second-order valence-electron chi connectivity index (χ2n) is 7.32. The zero-order chi connectivity index (χ0) is 18.9. The fraction of sp³-hybridized carbons (Fsp3) is 0.619. The molecule has 5 heteroatoms. The van der Waals surface area contributed by atoms with E-state index >= 15 is 0 Å². The van der Waals surface area contributed by atoms with E-state index in [0.29, 0.717) is 32.2 Å². The topological polar surface area (TPSA) is 58.6 Å². The van der Waals surface area contributed by atoms with Crippen LogP contribution in [0.15, 0.2) is 24.3 Å². The van der Waals surface area contributed by atoms with E-state index in [1.54, 1.807) is 0 Å². The van der Waals surface area contributed by atoms with Crippen LogP contribution in [0.5, 0.6) is 0 Å². The highest BCUT2D eigenvalue weighted by Crippen LogP contribution is 2.17. The van der Waals surface area contributed by atoms with Crippen LogP contribution in [0.25, 0.3) is 0 Å². The molecule has 1 N–H and O–H groups in total. The summed E-state index contributed by atoms with van der Waals surface area (Å²) in [6, 6.07) is 8.59. The summed E-state index contributed by atoms with van der Waals surface area (Å²) in [4.78, 5) is 26.1. The summed E-state index contributed by atoms with van der Waals surface area (Å²) in [5.74, 6) is 0.318. The third kappa shape index (κ3) is 6.45. The van der Waals surface area contributed by atoms with Gasteiger partial charge in [0.15, 0.2) is 0 Å². The molecule has 0 spiro atoms. The van der Waals surface area contributed by atoms with Gasteiger partial charge in [-0.3, -0.25) is 14.5 Å². The van der Waals surface area contributed by atoms with E-state index in [1.807, 2.05) is 6.92 Å². The highest BCUT2D eigenvalue weighted by Gasteiger charge is 2.27. The van der Waals surface area contributed by atoms with Crippen LogP contribution in [-0.2, 0) is 20.7 Å². The molecule has 5 nitrogen and oxygen atoms in total. The van der Waals surface area contributed by atoms with Gasteiger partial charge in [0, 0.05) is 13.1 Å². The van der Waals surface area contributed by atoms with Gasteiger partial charge in [-0.05, 0) is 49.8 Å². The van der Waals surface area contributed by atoms with Gasteiger partial charge < -0.3 is 10.1 Å². The van der Waals surface area contributed by atoms with Gasteiger partial charge in [-0.2, -0.15) is 0 Å². The van der Waals surface area contributed by atoms with Crippen LogP contribution in [-0.4, -0.2) is 49.6 Å². The number of hydrogen-bond donors (Lipinski definition) is 1. The molecule has 0 aliphatic carbocycles. The average Bonchev–Trinajstić information content (AvgIpc) is 2.62. The molecule has 1 amide bonds. The largest absolute Gasteiger partial charge is 0.466 e. The molecule has 0 bridgehead atoms. The van der Waals surface area contributed by atoms with E-state index in [4.69, 9.17) is 4.74 Å². The van der Waals surface area contributed by atoms with E-state index in [2.05, 4.69) is 48.3 Å². The molecule has 1 aromatic rings. The second-order valence-corrected chi connectivity index (χ2v) is 7.32. The minimum atomic E-state index is -0.137. The number of nitrogens with zero attached hydrogens (tertiary/aromatic N) is 1. The molecule has 0 aromatic heterocycles. The maximum absolute atomic E-state index is 12.2. The Bertz CT molecular complexity index is 583. The monoisotopic (exact) mass is 360 g/mol. The van der Waals surface area contributed by atoms with Gasteiger partial charge in [0.1, 0.15) is 0 Å². The van der Waals surface area contributed by atoms with Crippen LogP contribution >= 0.6 is 0 Å². The maximum atomic E-state index is 12.2. The molecule has 1 fully saturated rings. The number of amides is 1. The van der Waals surface area contributed by atoms with E-state index in [-0.39, 0.29) is 17.8 Å². The summed E-state index contributed by atoms with van der Waals surface area (Å²) < 4.78 is 5.11. The number of carbonyl (C=O) groups excluding carboxylic acids is 2. The first-order valence-corrected chi connectivity index (χ1v) is 9.74. The number of rotatable bonds is 8. The van der Waals surface area contributed by atoms with E-state index < -0.39 is 0 Å². The Morgan fingerprint density at radius 2 is 2.00 bits per heavy atom. The molecule has 1 atom stereocenters. The molecule has 1 aliphatic rings. The number of esters is 1. The fourth-order valence-electron chi connectivity index (χ4n) is 3.33. The summed E-state index contributed by atoms with van der Waals surface area (Å²) in [5.41, 5.74) is 2.56. The number of hydrogen-bond acceptors (Lipinski definition) is 4. The van der Waals surface area contributed by atoms with Crippen molar-refractivity contribution >= 4 is 11.9 Å². The lowest BCUT2D eigenvalue weighted by atomic mass is 9.98. The van der Waals surface area contributed by atoms with Crippen molar-refractivity contribution in [3.63, 3.8) is 0 Å². The quantitative estimate of drug-likeness (QED) is 0.724. The standard InChI is InChI=1S/C21H32N2O3/c1-4-26-21(25)19-6-5-13-23(14-19)15-20(24)22-12-11-17-7-9-18(10-8-17)16(2)3/h7-10,16,19H,4-6,11-15H2,1-3H3,(H,22,24)/t19-/m1/s1. The first kappa shape index (κ1) is 20.4. The number of ether oxygens (including phenoxy) is 1. The maximum Gasteiger partial charge on any atom is 0.310 e. The summed E-state index contributed by atoms with van der Waals surface area (Å²) in [5, 5.41) is 2.99. The highest BCUT2D eigenvalue weighted by molar-refractivity contribution is 5.78. The van der Waals surface area contributed by atoms with Crippen molar-refractivity contribution in [3.8, 4) is 0 Å². The van der Waals surface area contributed by atoms with Crippen molar-refractivity contribution in [2.75, 3.05) is 32.8 Å². The number of carbonyl (C=O) groups is 2. The van der Waals surface area contributed by atoms with Crippen molar-refractivity contribution < 1.29 is 14.3 Å². The van der Waals surface area contributed by atoms with Crippen molar-refractivity contribution in [1.82, 2.24) is 10.2 Å². The molecule has 1 heterocycles.